The molecule has 0 aromatic carbocycles. The van der Waals surface area contributed by atoms with Crippen LogP contribution in [0.4, 0.5) is 0 Å². The standard InChI is InChI=1S/C16H23NO8/c1-8(18)22-7-12-13(23-9(2)19)5-17-6-14(24-10(3)20)16(15(12)17)25-11(4)21/h12-16H,5-7H2,1-4H3/t12-,13+,14-,15-,16+/m0/s1. The van der Waals surface area contributed by atoms with Gasteiger partial charge < -0.3 is 18.9 Å². The van der Waals surface area contributed by atoms with Gasteiger partial charge in [0.05, 0.1) is 18.6 Å². The van der Waals surface area contributed by atoms with Gasteiger partial charge in [0.1, 0.15) is 6.10 Å². The van der Waals surface area contributed by atoms with Crippen molar-refractivity contribution >= 4 is 23.9 Å². The number of hydrogen-bond acceptors (Lipinski definition) is 9. The Morgan fingerprint density at radius 1 is 0.800 bits per heavy atom. The van der Waals surface area contributed by atoms with E-state index in [1.807, 2.05) is 4.90 Å². The minimum Gasteiger partial charge on any atom is -0.465 e. The lowest BCUT2D eigenvalue weighted by atomic mass is 9.94. The Kier molecular flexibility index (Phi) is 5.99. The number of rotatable bonds is 5. The van der Waals surface area contributed by atoms with Gasteiger partial charge in [-0.1, -0.05) is 0 Å². The van der Waals surface area contributed by atoms with E-state index in [2.05, 4.69) is 0 Å². The second-order valence-electron chi connectivity index (χ2n) is 6.28. The van der Waals surface area contributed by atoms with E-state index in [0.717, 1.165) is 0 Å². The van der Waals surface area contributed by atoms with Gasteiger partial charge in [0, 0.05) is 40.8 Å². The maximum Gasteiger partial charge on any atom is 0.303 e. The van der Waals surface area contributed by atoms with Gasteiger partial charge in [0.15, 0.2) is 12.2 Å². The molecule has 25 heavy (non-hydrogen) atoms. The zero-order valence-corrected chi connectivity index (χ0v) is 14.7. The van der Waals surface area contributed by atoms with Crippen molar-refractivity contribution in [3.63, 3.8) is 0 Å². The highest BCUT2D eigenvalue weighted by Gasteiger charge is 2.57. The van der Waals surface area contributed by atoms with E-state index in [9.17, 15) is 19.2 Å². The molecule has 0 N–H and O–H groups in total. The molecule has 2 saturated heterocycles. The minimum atomic E-state index is -0.720. The van der Waals surface area contributed by atoms with Crippen molar-refractivity contribution in [3.05, 3.63) is 0 Å². The second-order valence-corrected chi connectivity index (χ2v) is 6.28. The summed E-state index contributed by atoms with van der Waals surface area (Å²) in [5.74, 6) is -2.28. The summed E-state index contributed by atoms with van der Waals surface area (Å²) in [7, 11) is 0. The summed E-state index contributed by atoms with van der Waals surface area (Å²) in [6, 6.07) is -0.378. The fourth-order valence-electron chi connectivity index (χ4n) is 3.59. The highest BCUT2D eigenvalue weighted by molar-refractivity contribution is 5.68. The Bertz CT molecular complexity index is 562. The van der Waals surface area contributed by atoms with Gasteiger partial charge >= 0.3 is 23.9 Å². The van der Waals surface area contributed by atoms with Crippen molar-refractivity contribution in [3.8, 4) is 0 Å². The number of ether oxygens (including phenoxy) is 4. The van der Waals surface area contributed by atoms with E-state index in [4.69, 9.17) is 18.9 Å². The molecule has 0 spiro atoms. The van der Waals surface area contributed by atoms with Crippen LogP contribution in [0, 0.1) is 5.92 Å². The third-order valence-electron chi connectivity index (χ3n) is 4.29. The first-order chi connectivity index (χ1) is 11.7. The Morgan fingerprint density at radius 3 is 1.84 bits per heavy atom. The molecule has 9 nitrogen and oxygen atoms in total. The van der Waals surface area contributed by atoms with Gasteiger partial charge in [-0.05, 0) is 0 Å². The predicted octanol–water partition coefficient (Wildman–Crippen LogP) is -0.341. The van der Waals surface area contributed by atoms with Gasteiger partial charge in [-0.25, -0.2) is 0 Å². The summed E-state index contributed by atoms with van der Waals surface area (Å²) in [6.07, 6.45) is -1.84. The SMILES string of the molecule is CC(=O)OC[C@@H]1[C@H]2[C@H](OC(C)=O)[C@@H](OC(C)=O)CN2C[C@H]1OC(C)=O. The van der Waals surface area contributed by atoms with Crippen LogP contribution < -0.4 is 0 Å². The second kappa shape index (κ2) is 7.81. The molecule has 0 aromatic heterocycles. The molecule has 2 aliphatic heterocycles. The first-order valence-corrected chi connectivity index (χ1v) is 8.08. The van der Waals surface area contributed by atoms with E-state index in [1.165, 1.54) is 27.7 Å². The fourth-order valence-corrected chi connectivity index (χ4v) is 3.59. The maximum absolute atomic E-state index is 11.5. The van der Waals surface area contributed by atoms with E-state index in [-0.39, 0.29) is 12.6 Å². The molecule has 0 bridgehead atoms. The van der Waals surface area contributed by atoms with Crippen LogP contribution in [0.5, 0.6) is 0 Å². The van der Waals surface area contributed by atoms with Crippen molar-refractivity contribution in [2.45, 2.75) is 52.0 Å². The average molecular weight is 357 g/mol. The zero-order valence-electron chi connectivity index (χ0n) is 14.7. The number of carbonyl (C=O) groups is 4. The Balaban J connectivity index is 2.24. The van der Waals surface area contributed by atoms with Crippen LogP contribution in [0.25, 0.3) is 0 Å². The Labute approximate surface area is 145 Å². The third kappa shape index (κ3) is 4.68. The molecule has 140 valence electrons. The van der Waals surface area contributed by atoms with Crippen molar-refractivity contribution in [1.82, 2.24) is 4.90 Å². The predicted molar refractivity (Wildman–Crippen MR) is 82.1 cm³/mol. The highest BCUT2D eigenvalue weighted by atomic mass is 16.6. The monoisotopic (exact) mass is 357 g/mol. The lowest BCUT2D eigenvalue weighted by Gasteiger charge is -2.28. The van der Waals surface area contributed by atoms with Crippen molar-refractivity contribution < 1.29 is 38.1 Å². The number of fused-ring (bicyclic) bond motifs is 1. The van der Waals surface area contributed by atoms with Crippen molar-refractivity contribution in [2.24, 2.45) is 5.92 Å². The lowest BCUT2D eigenvalue weighted by molar-refractivity contribution is -0.165. The van der Waals surface area contributed by atoms with E-state index < -0.39 is 48.1 Å². The van der Waals surface area contributed by atoms with Gasteiger partial charge in [-0.2, -0.15) is 0 Å². The first kappa shape index (κ1) is 19.2. The number of esters is 4. The highest BCUT2D eigenvalue weighted by Crippen LogP contribution is 2.38. The molecule has 5 atom stereocenters. The molecule has 9 heteroatoms. The molecule has 2 heterocycles. The summed E-state index contributed by atoms with van der Waals surface area (Å²) < 4.78 is 21.1. The van der Waals surface area contributed by atoms with E-state index >= 15 is 0 Å². The van der Waals surface area contributed by atoms with Crippen LogP contribution in [0.2, 0.25) is 0 Å². The quantitative estimate of drug-likeness (QED) is 0.482. The molecule has 2 fully saturated rings. The van der Waals surface area contributed by atoms with Crippen LogP contribution in [-0.4, -0.2) is 72.8 Å². The molecule has 2 rings (SSSR count). The summed E-state index contributed by atoms with van der Waals surface area (Å²) in [5, 5.41) is 0. The molecule has 2 aliphatic rings. The van der Waals surface area contributed by atoms with Gasteiger partial charge in [0.2, 0.25) is 0 Å². The van der Waals surface area contributed by atoms with E-state index in [0.29, 0.717) is 13.1 Å². The fraction of sp³-hybridized carbons (Fsp3) is 0.750. The maximum atomic E-state index is 11.5. The molecule has 0 amide bonds. The lowest BCUT2D eigenvalue weighted by Crippen LogP contribution is -2.44. The minimum absolute atomic E-state index is 0.0129. The largest absolute Gasteiger partial charge is 0.465 e. The van der Waals surface area contributed by atoms with Crippen LogP contribution in [0.1, 0.15) is 27.7 Å². The first-order valence-electron chi connectivity index (χ1n) is 8.08. The van der Waals surface area contributed by atoms with Crippen LogP contribution >= 0.6 is 0 Å². The molecule has 0 aromatic rings. The van der Waals surface area contributed by atoms with Gasteiger partial charge in [0.25, 0.3) is 0 Å². The third-order valence-corrected chi connectivity index (χ3v) is 4.29. The van der Waals surface area contributed by atoms with Gasteiger partial charge in [-0.3, -0.25) is 24.1 Å². The van der Waals surface area contributed by atoms with Crippen molar-refractivity contribution in [2.75, 3.05) is 19.7 Å². The Morgan fingerprint density at radius 2 is 1.32 bits per heavy atom. The molecule has 0 aliphatic carbocycles. The summed E-state index contributed by atoms with van der Waals surface area (Å²) in [6.45, 7) is 5.88. The Hall–Kier alpha value is -2.16. The molecule has 0 saturated carbocycles. The van der Waals surface area contributed by atoms with E-state index in [1.54, 1.807) is 0 Å². The molecular weight excluding hydrogens is 334 g/mol. The van der Waals surface area contributed by atoms with Crippen LogP contribution in [0.3, 0.4) is 0 Å². The average Bonchev–Trinajstić information content (AvgIpc) is 2.92. The van der Waals surface area contributed by atoms with Crippen LogP contribution in [0.15, 0.2) is 0 Å². The molecule has 0 unspecified atom stereocenters. The smallest absolute Gasteiger partial charge is 0.303 e. The normalized spacial score (nSPS) is 31.1. The van der Waals surface area contributed by atoms with Gasteiger partial charge in [-0.15, -0.1) is 0 Å². The molecular formula is C16H23NO8. The van der Waals surface area contributed by atoms with Crippen molar-refractivity contribution in [1.29, 1.82) is 0 Å². The molecule has 0 radical (unpaired) electrons. The summed E-state index contributed by atoms with van der Waals surface area (Å²) in [4.78, 5) is 47.3. The van der Waals surface area contributed by atoms with Crippen LogP contribution in [-0.2, 0) is 38.1 Å². The summed E-state index contributed by atoms with van der Waals surface area (Å²) in [5.41, 5.74) is 0. The zero-order chi connectivity index (χ0) is 18.7. The number of nitrogens with zero attached hydrogens (tertiary/aromatic N) is 1. The number of carbonyl (C=O) groups excluding carboxylic acids is 4. The topological polar surface area (TPSA) is 108 Å². The number of hydrogen-bond donors (Lipinski definition) is 0. The summed E-state index contributed by atoms with van der Waals surface area (Å²) >= 11 is 0.